The fourth-order valence-corrected chi connectivity index (χ4v) is 6.70. The molecule has 224 valence electrons. The Morgan fingerprint density at radius 2 is 1.28 bits per heavy atom. The average Bonchev–Trinajstić information content (AvgIpc) is 3.11. The summed E-state index contributed by atoms with van der Waals surface area (Å²) in [5, 5.41) is 12.1. The van der Waals surface area contributed by atoms with Crippen LogP contribution in [0.2, 0.25) is 0 Å². The third kappa shape index (κ3) is 5.34. The van der Waals surface area contributed by atoms with Crippen LogP contribution in [0.5, 0.6) is 0 Å². The van der Waals surface area contributed by atoms with E-state index in [9.17, 15) is 0 Å². The molecule has 0 aromatic heterocycles. The third-order valence-corrected chi connectivity index (χ3v) is 8.86. The predicted octanol–water partition coefficient (Wildman–Crippen LogP) is 8.70. The van der Waals surface area contributed by atoms with Gasteiger partial charge in [0.05, 0.1) is 6.04 Å². The van der Waals surface area contributed by atoms with E-state index in [1.165, 1.54) is 32.7 Å². The number of hydrogen-bond acceptors (Lipinski definition) is 5. The van der Waals surface area contributed by atoms with Crippen LogP contribution in [-0.4, -0.2) is 29.7 Å². The van der Waals surface area contributed by atoms with Crippen molar-refractivity contribution in [2.45, 2.75) is 38.9 Å². The molecule has 2 aliphatic heterocycles. The summed E-state index contributed by atoms with van der Waals surface area (Å²) in [6.07, 6.45) is 10.3. The van der Waals surface area contributed by atoms with Crippen molar-refractivity contribution >= 4 is 39.1 Å². The minimum Gasteiger partial charge on any atom is -0.344 e. The molecular weight excluding hydrogens is 562 g/mol. The van der Waals surface area contributed by atoms with E-state index in [-0.39, 0.29) is 12.2 Å². The summed E-state index contributed by atoms with van der Waals surface area (Å²) in [7, 11) is 0. The van der Waals surface area contributed by atoms with Gasteiger partial charge in [-0.2, -0.15) is 0 Å². The highest BCUT2D eigenvalue weighted by atomic mass is 15.2. The molecule has 0 fully saturated rings. The molecule has 5 heteroatoms. The van der Waals surface area contributed by atoms with Gasteiger partial charge in [0, 0.05) is 22.4 Å². The summed E-state index contributed by atoms with van der Waals surface area (Å²) >= 11 is 0. The van der Waals surface area contributed by atoms with E-state index in [0.29, 0.717) is 0 Å². The predicted molar refractivity (Wildman–Crippen MR) is 193 cm³/mol. The molecule has 0 saturated heterocycles. The largest absolute Gasteiger partial charge is 0.344 e. The molecule has 1 aliphatic carbocycles. The molecule has 3 aliphatic rings. The van der Waals surface area contributed by atoms with E-state index in [0.717, 1.165) is 58.3 Å². The van der Waals surface area contributed by atoms with Crippen LogP contribution in [-0.2, 0) is 0 Å². The fraction of sp³-hybridized carbons (Fsp3) is 0.146. The molecule has 5 nitrogen and oxygen atoms in total. The first-order valence-corrected chi connectivity index (χ1v) is 16.0. The number of hydrogen-bond donors (Lipinski definition) is 2. The van der Waals surface area contributed by atoms with Gasteiger partial charge < -0.3 is 10.6 Å². The molecule has 8 rings (SSSR count). The average molecular weight is 598 g/mol. The highest BCUT2D eigenvalue weighted by Gasteiger charge is 2.24. The first-order chi connectivity index (χ1) is 22.6. The Morgan fingerprint density at radius 3 is 2.02 bits per heavy atom. The number of fused-ring (bicyclic) bond motifs is 3. The van der Waals surface area contributed by atoms with Gasteiger partial charge in [-0.25, -0.2) is 9.98 Å². The molecule has 5 aromatic carbocycles. The minimum atomic E-state index is -0.291. The molecule has 2 atom stereocenters. The second-order valence-electron chi connectivity index (χ2n) is 12.2. The second kappa shape index (κ2) is 11.8. The fourth-order valence-electron chi connectivity index (χ4n) is 6.70. The highest BCUT2D eigenvalue weighted by Crippen LogP contribution is 2.36. The van der Waals surface area contributed by atoms with Gasteiger partial charge in [-0.3, -0.25) is 4.99 Å². The highest BCUT2D eigenvalue weighted by molar-refractivity contribution is 6.18. The summed E-state index contributed by atoms with van der Waals surface area (Å²) in [6.45, 7) is 4.22. The van der Waals surface area contributed by atoms with E-state index in [2.05, 4.69) is 146 Å². The zero-order valence-electron chi connectivity index (χ0n) is 26.0. The van der Waals surface area contributed by atoms with E-state index >= 15 is 0 Å². The summed E-state index contributed by atoms with van der Waals surface area (Å²) < 4.78 is 0. The number of aliphatic imine (C=N–C) groups is 3. The molecule has 2 heterocycles. The Balaban J connectivity index is 1.34. The van der Waals surface area contributed by atoms with E-state index in [1.807, 2.05) is 6.07 Å². The van der Waals surface area contributed by atoms with E-state index in [4.69, 9.17) is 15.0 Å². The van der Waals surface area contributed by atoms with Gasteiger partial charge in [-0.15, -0.1) is 0 Å². The van der Waals surface area contributed by atoms with Crippen LogP contribution in [0.25, 0.3) is 32.7 Å². The van der Waals surface area contributed by atoms with Crippen LogP contribution < -0.4 is 10.6 Å². The van der Waals surface area contributed by atoms with Gasteiger partial charge in [0.2, 0.25) is 0 Å². The molecular formula is C41H35N5. The van der Waals surface area contributed by atoms with Crippen LogP contribution >= 0.6 is 0 Å². The van der Waals surface area contributed by atoms with Crippen LogP contribution in [0, 0.1) is 0 Å². The van der Waals surface area contributed by atoms with Crippen molar-refractivity contribution < 1.29 is 0 Å². The zero-order valence-corrected chi connectivity index (χ0v) is 26.0. The molecule has 0 amide bonds. The van der Waals surface area contributed by atoms with Crippen LogP contribution in [0.15, 0.2) is 154 Å². The molecule has 2 N–H and O–H groups in total. The van der Waals surface area contributed by atoms with Crippen LogP contribution in [0.1, 0.15) is 43.4 Å². The lowest BCUT2D eigenvalue weighted by Gasteiger charge is -2.25. The number of amidine groups is 3. The van der Waals surface area contributed by atoms with Gasteiger partial charge in [0.15, 0.2) is 6.17 Å². The molecule has 2 unspecified atom stereocenters. The molecule has 0 spiro atoms. The first kappa shape index (κ1) is 28.0. The molecule has 0 bridgehead atoms. The summed E-state index contributed by atoms with van der Waals surface area (Å²) in [5.74, 6) is 2.50. The maximum Gasteiger partial charge on any atom is 0.166 e. The van der Waals surface area contributed by atoms with Crippen LogP contribution in [0.4, 0.5) is 0 Å². The number of rotatable bonds is 5. The lowest BCUT2D eigenvalue weighted by molar-refractivity contribution is 0.740. The van der Waals surface area contributed by atoms with Gasteiger partial charge >= 0.3 is 0 Å². The topological polar surface area (TPSA) is 61.1 Å². The second-order valence-corrected chi connectivity index (χ2v) is 12.2. The minimum absolute atomic E-state index is 0.0856. The summed E-state index contributed by atoms with van der Waals surface area (Å²) in [5.41, 5.74) is 7.67. The lowest BCUT2D eigenvalue weighted by atomic mass is 9.91. The van der Waals surface area contributed by atoms with E-state index < -0.39 is 0 Å². The first-order valence-electron chi connectivity index (χ1n) is 16.0. The van der Waals surface area contributed by atoms with Gasteiger partial charge in [0.25, 0.3) is 0 Å². The van der Waals surface area contributed by atoms with E-state index in [1.54, 1.807) is 0 Å². The lowest BCUT2D eigenvalue weighted by Crippen LogP contribution is -2.38. The summed E-state index contributed by atoms with van der Waals surface area (Å²) in [6, 6.07) is 36.8. The molecule has 46 heavy (non-hydrogen) atoms. The van der Waals surface area contributed by atoms with Crippen molar-refractivity contribution in [3.8, 4) is 11.1 Å². The van der Waals surface area contributed by atoms with Crippen molar-refractivity contribution in [2.75, 3.05) is 0 Å². The number of nitrogens with zero attached hydrogens (tertiary/aromatic N) is 3. The molecule has 5 aromatic rings. The smallest absolute Gasteiger partial charge is 0.166 e. The normalized spacial score (nSPS) is 19.4. The van der Waals surface area contributed by atoms with Gasteiger partial charge in [-0.05, 0) is 95.3 Å². The number of nitrogens with one attached hydrogen (secondary N) is 2. The number of benzene rings is 5. The molecule has 0 radical (unpaired) electrons. The zero-order chi connectivity index (χ0) is 31.0. The summed E-state index contributed by atoms with van der Waals surface area (Å²) in [4.78, 5) is 15.4. The Hall–Kier alpha value is -5.55. The number of allylic oxidation sites excluding steroid dienone is 4. The third-order valence-electron chi connectivity index (χ3n) is 8.86. The van der Waals surface area contributed by atoms with Crippen molar-refractivity contribution in [1.82, 2.24) is 10.6 Å². The van der Waals surface area contributed by atoms with Gasteiger partial charge in [-0.1, -0.05) is 97.1 Å². The van der Waals surface area contributed by atoms with Gasteiger partial charge in [0.1, 0.15) is 17.5 Å². The Bertz CT molecular complexity index is 2180. The Kier molecular flexibility index (Phi) is 7.14. The SMILES string of the molecule is CC1=CC(C)N=C(c2cc(C3=NC(C4=CC=CCC4)N=C(c4ccccc4)N3)cc(-c3cc4ccccc4c4ccccc34)c2)N1. The van der Waals surface area contributed by atoms with Crippen molar-refractivity contribution in [3.63, 3.8) is 0 Å². The standard InChI is InChI=1S/C41H35N5/c1-26-21-27(2)43-40(42-26)32-22-31(37-25-30-17-9-10-18-34(30)35-19-11-12-20-36(35)37)23-33(24-32)41-45-38(28-13-5-3-6-14-28)44-39(46-41)29-15-7-4-8-16-29/h3-7,9-15,17-26,39H,8,16H2,1-2H3,(H,42,43)(H,44,45,46). The Morgan fingerprint density at radius 1 is 0.630 bits per heavy atom. The maximum atomic E-state index is 5.26. The van der Waals surface area contributed by atoms with Crippen molar-refractivity contribution in [3.05, 3.63) is 155 Å². The van der Waals surface area contributed by atoms with Crippen molar-refractivity contribution in [2.24, 2.45) is 15.0 Å². The van der Waals surface area contributed by atoms with Crippen LogP contribution in [0.3, 0.4) is 0 Å². The monoisotopic (exact) mass is 597 g/mol. The maximum absolute atomic E-state index is 5.26. The Labute approximate surface area is 269 Å². The quantitative estimate of drug-likeness (QED) is 0.199. The molecule has 0 saturated carbocycles. The van der Waals surface area contributed by atoms with Crippen molar-refractivity contribution in [1.29, 1.82) is 0 Å².